The molecule has 0 aromatic carbocycles. The Kier molecular flexibility index (Phi) is 3.09. The Morgan fingerprint density at radius 1 is 1.53 bits per heavy atom. The molecule has 0 aliphatic heterocycles. The van der Waals surface area contributed by atoms with Gasteiger partial charge in [-0.25, -0.2) is 4.79 Å². The van der Waals surface area contributed by atoms with Crippen LogP contribution in [-0.2, 0) is 12.0 Å². The number of rotatable bonds is 2. The predicted molar refractivity (Wildman–Crippen MR) is 58.6 cm³/mol. The lowest BCUT2D eigenvalue weighted by atomic mass is 9.91. The molecule has 84 valence electrons. The average molecular weight is 231 g/mol. The highest BCUT2D eigenvalue weighted by atomic mass is 35.5. The van der Waals surface area contributed by atoms with Crippen LogP contribution in [0.5, 0.6) is 0 Å². The maximum atomic E-state index is 10.9. The van der Waals surface area contributed by atoms with Crippen molar-refractivity contribution in [2.45, 2.75) is 39.7 Å². The molecule has 15 heavy (non-hydrogen) atoms. The van der Waals surface area contributed by atoms with E-state index in [1.165, 1.54) is 0 Å². The summed E-state index contributed by atoms with van der Waals surface area (Å²) in [5.74, 6) is -1.09. The van der Waals surface area contributed by atoms with E-state index in [0.717, 1.165) is 5.69 Å². The van der Waals surface area contributed by atoms with Crippen LogP contribution >= 0.6 is 11.6 Å². The molecule has 0 atom stereocenters. The van der Waals surface area contributed by atoms with Gasteiger partial charge in [0.05, 0.1) is 10.7 Å². The number of carbonyl (C=O) groups is 1. The Hall–Kier alpha value is -1.03. The maximum absolute atomic E-state index is 10.9. The topological polar surface area (TPSA) is 55.1 Å². The summed E-state index contributed by atoms with van der Waals surface area (Å²) < 4.78 is 1.64. The lowest BCUT2D eigenvalue weighted by molar-refractivity contribution is 0.0689. The molecule has 0 unspecified atom stereocenters. The van der Waals surface area contributed by atoms with Crippen molar-refractivity contribution in [2.24, 2.45) is 0 Å². The summed E-state index contributed by atoms with van der Waals surface area (Å²) in [6.45, 7) is 8.46. The largest absolute Gasteiger partial charge is 0.476 e. The first-order valence-corrected chi connectivity index (χ1v) is 5.17. The third kappa shape index (κ3) is 2.15. The zero-order chi connectivity index (χ0) is 11.8. The Bertz CT molecular complexity index is 391. The highest BCUT2D eigenvalue weighted by Gasteiger charge is 2.28. The van der Waals surface area contributed by atoms with Gasteiger partial charge in [-0.05, 0) is 6.92 Å². The van der Waals surface area contributed by atoms with Crippen molar-refractivity contribution in [3.8, 4) is 0 Å². The fraction of sp³-hybridized carbons (Fsp3) is 0.600. The van der Waals surface area contributed by atoms with Crippen LogP contribution in [-0.4, -0.2) is 20.9 Å². The van der Waals surface area contributed by atoms with Crippen LogP contribution in [0.1, 0.15) is 43.9 Å². The second kappa shape index (κ2) is 3.85. The summed E-state index contributed by atoms with van der Waals surface area (Å²) in [5, 5.41) is 13.1. The number of halogens is 1. The lowest BCUT2D eigenvalue weighted by Crippen LogP contribution is -2.18. The number of nitrogens with zero attached hydrogens (tertiary/aromatic N) is 2. The van der Waals surface area contributed by atoms with Gasteiger partial charge in [-0.3, -0.25) is 4.68 Å². The highest BCUT2D eigenvalue weighted by molar-refractivity contribution is 6.34. The van der Waals surface area contributed by atoms with Crippen LogP contribution in [0.4, 0.5) is 0 Å². The van der Waals surface area contributed by atoms with E-state index in [1.54, 1.807) is 4.68 Å². The minimum absolute atomic E-state index is 0.0663. The van der Waals surface area contributed by atoms with Crippen molar-refractivity contribution < 1.29 is 9.90 Å². The van der Waals surface area contributed by atoms with Gasteiger partial charge in [0.15, 0.2) is 5.69 Å². The molecule has 1 heterocycles. The Labute approximate surface area is 93.9 Å². The fourth-order valence-electron chi connectivity index (χ4n) is 1.52. The van der Waals surface area contributed by atoms with Crippen molar-refractivity contribution in [2.75, 3.05) is 0 Å². The van der Waals surface area contributed by atoms with Gasteiger partial charge in [-0.1, -0.05) is 32.4 Å². The molecule has 0 aliphatic carbocycles. The Morgan fingerprint density at radius 3 is 2.33 bits per heavy atom. The van der Waals surface area contributed by atoms with Gasteiger partial charge >= 0.3 is 5.97 Å². The number of hydrogen-bond acceptors (Lipinski definition) is 2. The molecular formula is C10H15ClN2O2. The third-order valence-electron chi connectivity index (χ3n) is 2.11. The summed E-state index contributed by atoms with van der Waals surface area (Å²) in [6.07, 6.45) is 0. The summed E-state index contributed by atoms with van der Waals surface area (Å²) in [6, 6.07) is 0. The molecule has 0 radical (unpaired) electrons. The van der Waals surface area contributed by atoms with Crippen LogP contribution in [0.2, 0.25) is 5.02 Å². The van der Waals surface area contributed by atoms with Crippen molar-refractivity contribution >= 4 is 17.6 Å². The molecule has 1 N–H and O–H groups in total. The lowest BCUT2D eigenvalue weighted by Gasteiger charge is -2.20. The average Bonchev–Trinajstić information content (AvgIpc) is 2.41. The molecule has 4 nitrogen and oxygen atoms in total. The van der Waals surface area contributed by atoms with Gasteiger partial charge in [0.2, 0.25) is 0 Å². The minimum Gasteiger partial charge on any atom is -0.476 e. The predicted octanol–water partition coefficient (Wildman–Crippen LogP) is 2.55. The minimum atomic E-state index is -1.09. The number of hydrogen-bond donors (Lipinski definition) is 1. The smallest absolute Gasteiger partial charge is 0.357 e. The van der Waals surface area contributed by atoms with Gasteiger partial charge in [0.25, 0.3) is 0 Å². The van der Waals surface area contributed by atoms with E-state index < -0.39 is 5.97 Å². The molecule has 0 bridgehead atoms. The van der Waals surface area contributed by atoms with Crippen molar-refractivity contribution in [1.82, 2.24) is 9.78 Å². The summed E-state index contributed by atoms with van der Waals surface area (Å²) >= 11 is 6.02. The second-order valence-electron chi connectivity index (χ2n) is 4.38. The first-order valence-electron chi connectivity index (χ1n) is 4.79. The van der Waals surface area contributed by atoms with Crippen LogP contribution in [0.3, 0.4) is 0 Å². The molecule has 0 saturated carbocycles. The third-order valence-corrected chi connectivity index (χ3v) is 2.47. The molecule has 1 aromatic heterocycles. The molecule has 0 amide bonds. The molecular weight excluding hydrogens is 216 g/mol. The zero-order valence-corrected chi connectivity index (χ0v) is 10.1. The summed E-state index contributed by atoms with van der Waals surface area (Å²) in [4.78, 5) is 10.9. The Balaban J connectivity index is 3.43. The van der Waals surface area contributed by atoms with E-state index in [4.69, 9.17) is 16.7 Å². The fourth-order valence-corrected chi connectivity index (χ4v) is 2.02. The van der Waals surface area contributed by atoms with Gasteiger partial charge in [0.1, 0.15) is 0 Å². The van der Waals surface area contributed by atoms with E-state index in [1.807, 2.05) is 27.7 Å². The molecule has 0 aliphatic rings. The normalized spacial score (nSPS) is 11.8. The quantitative estimate of drug-likeness (QED) is 0.850. The van der Waals surface area contributed by atoms with E-state index in [-0.39, 0.29) is 16.1 Å². The van der Waals surface area contributed by atoms with E-state index >= 15 is 0 Å². The van der Waals surface area contributed by atoms with Crippen LogP contribution in [0.25, 0.3) is 0 Å². The van der Waals surface area contributed by atoms with E-state index in [0.29, 0.717) is 6.54 Å². The van der Waals surface area contributed by atoms with Gasteiger partial charge in [-0.15, -0.1) is 0 Å². The second-order valence-corrected chi connectivity index (χ2v) is 4.76. The summed E-state index contributed by atoms with van der Waals surface area (Å²) in [5.41, 5.74) is 0.487. The van der Waals surface area contributed by atoms with Gasteiger partial charge in [-0.2, -0.15) is 5.10 Å². The summed E-state index contributed by atoms with van der Waals surface area (Å²) in [7, 11) is 0. The molecule has 0 spiro atoms. The van der Waals surface area contributed by atoms with Crippen molar-refractivity contribution in [1.29, 1.82) is 0 Å². The van der Waals surface area contributed by atoms with Crippen LogP contribution < -0.4 is 0 Å². The monoisotopic (exact) mass is 230 g/mol. The first-order chi connectivity index (χ1) is 6.79. The number of aromatic carboxylic acids is 1. The van der Waals surface area contributed by atoms with Gasteiger partial charge < -0.3 is 5.11 Å². The van der Waals surface area contributed by atoms with Crippen molar-refractivity contribution in [3.05, 3.63) is 16.4 Å². The van der Waals surface area contributed by atoms with Crippen molar-refractivity contribution in [3.63, 3.8) is 0 Å². The molecule has 1 rings (SSSR count). The standard InChI is InChI=1S/C10H15ClN2O2/c1-5-13-8(10(2,3)4)6(11)7(12-13)9(14)15/h5H2,1-4H3,(H,14,15). The van der Waals surface area contributed by atoms with E-state index in [9.17, 15) is 4.79 Å². The number of carboxylic acids is 1. The molecule has 1 aromatic rings. The van der Waals surface area contributed by atoms with Gasteiger partial charge in [0, 0.05) is 12.0 Å². The van der Waals surface area contributed by atoms with E-state index in [2.05, 4.69) is 5.10 Å². The number of carboxylic acid groups (broad SMARTS) is 1. The van der Waals surface area contributed by atoms with Crippen LogP contribution in [0, 0.1) is 0 Å². The maximum Gasteiger partial charge on any atom is 0.357 e. The Morgan fingerprint density at radius 2 is 2.07 bits per heavy atom. The molecule has 0 fully saturated rings. The number of aryl methyl sites for hydroxylation is 1. The molecule has 5 heteroatoms. The number of aromatic nitrogens is 2. The SMILES string of the molecule is CCn1nc(C(=O)O)c(Cl)c1C(C)(C)C. The zero-order valence-electron chi connectivity index (χ0n) is 9.33. The molecule has 0 saturated heterocycles. The highest BCUT2D eigenvalue weighted by Crippen LogP contribution is 2.31. The first kappa shape index (κ1) is 12.0. The van der Waals surface area contributed by atoms with Crippen LogP contribution in [0.15, 0.2) is 0 Å².